The predicted octanol–water partition coefficient (Wildman–Crippen LogP) is 13.3. The Morgan fingerprint density at radius 1 is 0.804 bits per heavy atom. The van der Waals surface area contributed by atoms with E-state index in [0.29, 0.717) is 6.42 Å². The van der Waals surface area contributed by atoms with Crippen LogP contribution in [0.2, 0.25) is 0 Å². The van der Waals surface area contributed by atoms with Crippen LogP contribution in [0.4, 0.5) is 0 Å². The molecule has 5 heterocycles. The number of carbonyl (C=O) groups is 2. The van der Waals surface area contributed by atoms with E-state index in [1.54, 1.807) is 0 Å². The van der Waals surface area contributed by atoms with E-state index >= 15 is 0 Å². The van der Waals surface area contributed by atoms with Gasteiger partial charge >= 0.3 is 23.0 Å². The number of aromatic nitrogens is 4. The average Bonchev–Trinajstić information content (AvgIpc) is 3.76. The molecule has 0 saturated heterocycles. The molecule has 315 valence electrons. The van der Waals surface area contributed by atoms with E-state index in [1.165, 1.54) is 12.0 Å². The number of fused-ring (bicyclic) bond motifs is 8. The summed E-state index contributed by atoms with van der Waals surface area (Å²) >= 11 is 0. The second-order valence-electron chi connectivity index (χ2n) is 12.1. The van der Waals surface area contributed by atoms with Gasteiger partial charge in [-0.25, -0.2) is 4.98 Å². The number of allylic oxidation sites excluding steroid dienone is 3. The molecule has 2 aliphatic heterocycles. The molecular formula is C47H72CuN4O4. The number of hydrogen-bond acceptors (Lipinski definition) is 4. The topological polar surface area (TPSA) is 129 Å². The summed E-state index contributed by atoms with van der Waals surface area (Å²) in [6.45, 7) is 38.7. The van der Waals surface area contributed by atoms with Crippen molar-refractivity contribution in [2.45, 2.75) is 154 Å². The molecule has 0 saturated carbocycles. The van der Waals surface area contributed by atoms with Gasteiger partial charge in [-0.15, -0.1) is 22.1 Å². The maximum absolute atomic E-state index is 11.5. The fourth-order valence-corrected chi connectivity index (χ4v) is 6.12. The molecule has 1 radical (unpaired) electrons. The third kappa shape index (κ3) is 15.4. The standard InChI is InChI=1S/C35H39N4O2.C3H8.4C2H6.CH2O2.Cu/c1-8-11-26-22(7)29-16-28-20(5)25(10-3)33(37-28)17-30-21(6)24(9-2)32(38-30)15-27-19(4)14-23(12-13-35(40)41)31(36-27)18-34(26)39-29;1-3-2;4*1-2;2-1-3;/h9-10,15-19,23H,2-3,8,11-14H2,1,4-7H3,(H2-,36,37,38,39,40,41);3H2,1-2H3;4*1-2H3;1H,(H,2,3);/q-1;;;;;;;+2/p-1. The first-order chi connectivity index (χ1) is 26.5. The Balaban J connectivity index is -0.00000167. The van der Waals surface area contributed by atoms with Crippen molar-refractivity contribution in [1.82, 2.24) is 19.9 Å². The summed E-state index contributed by atoms with van der Waals surface area (Å²) in [6.07, 6.45) is 8.32. The first kappa shape index (κ1) is 56.1. The first-order valence-corrected chi connectivity index (χ1v) is 20.4. The third-order valence-electron chi connectivity index (χ3n) is 8.55. The van der Waals surface area contributed by atoms with Crippen LogP contribution in [-0.4, -0.2) is 32.6 Å². The zero-order valence-electron chi connectivity index (χ0n) is 37.2. The van der Waals surface area contributed by atoms with E-state index in [1.807, 2.05) is 73.6 Å². The molecule has 9 heteroatoms. The molecule has 8 bridgehead atoms. The zero-order chi connectivity index (χ0) is 42.8. The number of nitrogens with zero attached hydrogens (tertiary/aromatic N) is 4. The van der Waals surface area contributed by atoms with Crippen LogP contribution in [0, 0.1) is 13.8 Å². The van der Waals surface area contributed by atoms with Gasteiger partial charge in [0, 0.05) is 29.3 Å². The molecule has 8 nitrogen and oxygen atoms in total. The summed E-state index contributed by atoms with van der Waals surface area (Å²) in [5.74, 6) is -0.607. The van der Waals surface area contributed by atoms with Gasteiger partial charge in [0.2, 0.25) is 0 Å². The van der Waals surface area contributed by atoms with Crippen LogP contribution in [-0.2, 0) is 33.1 Å². The Kier molecular flexibility index (Phi) is 31.0. The molecule has 3 aromatic heterocycles. The van der Waals surface area contributed by atoms with Crippen molar-refractivity contribution in [1.29, 1.82) is 0 Å². The molecule has 56 heavy (non-hydrogen) atoms. The fraction of sp³-hybridized carbons (Fsp3) is 0.489. The largest absolute Gasteiger partial charge is 2.00 e. The molecule has 2 atom stereocenters. The Bertz CT molecular complexity index is 1840. The van der Waals surface area contributed by atoms with Crippen molar-refractivity contribution in [2.75, 3.05) is 0 Å². The fourth-order valence-electron chi connectivity index (χ4n) is 6.12. The quantitative estimate of drug-likeness (QED) is 0.178. The monoisotopic (exact) mass is 819 g/mol. The van der Waals surface area contributed by atoms with E-state index in [4.69, 9.17) is 29.8 Å². The smallest absolute Gasteiger partial charge is 0.657 e. The summed E-state index contributed by atoms with van der Waals surface area (Å²) in [5.41, 5.74) is 13.4. The number of carboxylic acid groups (broad SMARTS) is 2. The number of rotatable bonds is 7. The third-order valence-corrected chi connectivity index (χ3v) is 8.55. The van der Waals surface area contributed by atoms with Gasteiger partial charge in [-0.2, -0.15) is 0 Å². The zero-order valence-corrected chi connectivity index (χ0v) is 38.1. The van der Waals surface area contributed by atoms with Crippen molar-refractivity contribution in [3.63, 3.8) is 0 Å². The van der Waals surface area contributed by atoms with Crippen molar-refractivity contribution in [3.05, 3.63) is 88.5 Å². The maximum Gasteiger partial charge on any atom is 2.00 e. The van der Waals surface area contributed by atoms with Crippen molar-refractivity contribution >= 4 is 51.7 Å². The van der Waals surface area contributed by atoms with E-state index in [2.05, 4.69) is 79.8 Å². The second-order valence-corrected chi connectivity index (χ2v) is 12.1. The number of aliphatic carboxylic acids is 1. The summed E-state index contributed by atoms with van der Waals surface area (Å²) in [5, 5.41) is 16.3. The van der Waals surface area contributed by atoms with Crippen molar-refractivity contribution < 1.29 is 36.9 Å². The van der Waals surface area contributed by atoms with Crippen LogP contribution in [0.15, 0.2) is 43.5 Å². The van der Waals surface area contributed by atoms with E-state index < -0.39 is 5.97 Å². The van der Waals surface area contributed by atoms with Crippen LogP contribution in [0.5, 0.6) is 0 Å². The van der Waals surface area contributed by atoms with E-state index in [0.717, 1.165) is 91.9 Å². The number of aryl methyl sites for hydroxylation is 3. The molecule has 0 amide bonds. The Morgan fingerprint density at radius 3 is 1.80 bits per heavy atom. The minimum atomic E-state index is -0.787. The molecule has 2 aliphatic rings. The van der Waals surface area contributed by atoms with Crippen LogP contribution < -0.4 is 9.97 Å². The van der Waals surface area contributed by atoms with Crippen LogP contribution in [0.25, 0.3) is 39.3 Å². The van der Waals surface area contributed by atoms with Gasteiger partial charge in [0.05, 0.1) is 11.4 Å². The molecule has 0 spiro atoms. The Morgan fingerprint density at radius 2 is 1.30 bits per heavy atom. The Labute approximate surface area is 350 Å². The van der Waals surface area contributed by atoms with Gasteiger partial charge < -0.3 is 20.2 Å². The maximum atomic E-state index is 11.5. The van der Waals surface area contributed by atoms with Gasteiger partial charge in [0.25, 0.3) is 6.47 Å². The molecule has 5 rings (SSSR count). The minimum Gasteiger partial charge on any atom is -0.657 e. The molecule has 0 fully saturated rings. The molecule has 3 aromatic rings. The van der Waals surface area contributed by atoms with Crippen molar-refractivity contribution in [3.8, 4) is 0 Å². The van der Waals surface area contributed by atoms with E-state index in [-0.39, 0.29) is 41.8 Å². The van der Waals surface area contributed by atoms with Crippen molar-refractivity contribution in [2.24, 2.45) is 0 Å². The first-order valence-electron chi connectivity index (χ1n) is 20.4. The molecule has 2 N–H and O–H groups in total. The summed E-state index contributed by atoms with van der Waals surface area (Å²) in [7, 11) is 0. The second kappa shape index (κ2) is 31.0. The molecule has 0 aliphatic carbocycles. The average molecular weight is 821 g/mol. The Hall–Kier alpha value is -4.20. The van der Waals surface area contributed by atoms with E-state index in [9.17, 15) is 9.90 Å². The van der Waals surface area contributed by atoms with Crippen LogP contribution in [0.3, 0.4) is 0 Å². The van der Waals surface area contributed by atoms with Crippen LogP contribution in [0.1, 0.15) is 179 Å². The molecular weight excluding hydrogens is 748 g/mol. The molecule has 2 unspecified atom stereocenters. The minimum absolute atomic E-state index is 0. The summed E-state index contributed by atoms with van der Waals surface area (Å²) in [4.78, 5) is 40.2. The number of carboxylic acids is 1. The van der Waals surface area contributed by atoms with Gasteiger partial charge in [0.15, 0.2) is 0 Å². The summed E-state index contributed by atoms with van der Waals surface area (Å²) < 4.78 is 0. The van der Waals surface area contributed by atoms with Gasteiger partial charge in [0.1, 0.15) is 0 Å². The van der Waals surface area contributed by atoms with Gasteiger partial charge in [-0.3, -0.25) is 14.6 Å². The van der Waals surface area contributed by atoms with Crippen LogP contribution >= 0.6 is 0 Å². The SMILES string of the molecule is C=CC1=C(C)c2cc3[n-]c(cc4nc(cc5[n-]c(cc1n2)c(C)c5C=C)C(C)CC4CCC(=O)O)c(CCC)c3C.CC.CC.CC.CC.CCC.O=CO.[Cu+2]. The normalized spacial score (nSPS) is 13.4. The predicted molar refractivity (Wildman–Crippen MR) is 238 cm³/mol. The molecule has 0 aromatic carbocycles. The number of hydrogen-bond donors (Lipinski definition) is 2. The van der Waals surface area contributed by atoms with Gasteiger partial charge in [-0.05, 0) is 57.1 Å². The van der Waals surface area contributed by atoms with Gasteiger partial charge in [-0.1, -0.05) is 162 Å². The summed E-state index contributed by atoms with van der Waals surface area (Å²) in [6, 6.07) is 8.27.